The van der Waals surface area contributed by atoms with Gasteiger partial charge < -0.3 is 4.74 Å². The largest absolute Gasteiger partial charge is 0.462 e. The number of Topliss-reactive ketones (excluding diaryl/α,β-unsaturated/α-hetero) is 1. The van der Waals surface area contributed by atoms with E-state index in [1.165, 1.54) is 70.6 Å². The number of ketones is 1. The molecule has 33 heavy (non-hydrogen) atoms. The SMILES string of the molecule is CCCCCCCCCCC(=O)OC1CCC2C3CCC4CC(=O)CCC4(C)C3CCC12C. The van der Waals surface area contributed by atoms with Crippen molar-refractivity contribution in [3.63, 3.8) is 0 Å². The molecule has 188 valence electrons. The van der Waals surface area contributed by atoms with Crippen LogP contribution >= 0.6 is 0 Å². The number of fused-ring (bicyclic) bond motifs is 5. The van der Waals surface area contributed by atoms with Gasteiger partial charge in [-0.2, -0.15) is 0 Å². The lowest BCUT2D eigenvalue weighted by molar-refractivity contribution is -0.164. The minimum atomic E-state index is 0.0523. The van der Waals surface area contributed by atoms with E-state index in [0.29, 0.717) is 29.5 Å². The van der Waals surface area contributed by atoms with Gasteiger partial charge in [-0.15, -0.1) is 0 Å². The van der Waals surface area contributed by atoms with Gasteiger partial charge >= 0.3 is 5.97 Å². The fraction of sp³-hybridized carbons (Fsp3) is 0.933. The molecular weight excluding hydrogens is 408 g/mol. The minimum absolute atomic E-state index is 0.0523. The molecule has 4 fully saturated rings. The van der Waals surface area contributed by atoms with Crippen LogP contribution in [0, 0.1) is 34.5 Å². The number of ether oxygens (including phenoxy) is 1. The molecule has 0 aromatic rings. The van der Waals surface area contributed by atoms with Crippen LogP contribution in [0.25, 0.3) is 0 Å². The number of unbranched alkanes of at least 4 members (excludes halogenated alkanes) is 7. The lowest BCUT2D eigenvalue weighted by Crippen LogP contribution is -2.54. The Morgan fingerprint density at radius 3 is 2.30 bits per heavy atom. The van der Waals surface area contributed by atoms with Crippen molar-refractivity contribution in [2.45, 2.75) is 142 Å². The van der Waals surface area contributed by atoms with E-state index in [0.717, 1.165) is 50.4 Å². The summed E-state index contributed by atoms with van der Waals surface area (Å²) < 4.78 is 6.19. The Kier molecular flexibility index (Phi) is 8.27. The second-order valence-electron chi connectivity index (χ2n) is 12.7. The molecule has 7 unspecified atom stereocenters. The molecule has 4 aliphatic carbocycles. The summed E-state index contributed by atoms with van der Waals surface area (Å²) in [5.41, 5.74) is 0.535. The molecule has 0 saturated heterocycles. The Hall–Kier alpha value is -0.860. The molecular formula is C30H50O3. The molecule has 0 bridgehead atoms. The predicted molar refractivity (Wildman–Crippen MR) is 134 cm³/mol. The van der Waals surface area contributed by atoms with Crippen LogP contribution in [0.2, 0.25) is 0 Å². The van der Waals surface area contributed by atoms with Crippen molar-refractivity contribution < 1.29 is 14.3 Å². The molecule has 0 heterocycles. The maximum Gasteiger partial charge on any atom is 0.306 e. The Labute approximate surface area is 203 Å². The zero-order chi connectivity index (χ0) is 23.5. The van der Waals surface area contributed by atoms with Crippen LogP contribution in [-0.4, -0.2) is 17.9 Å². The van der Waals surface area contributed by atoms with Crippen LogP contribution < -0.4 is 0 Å². The van der Waals surface area contributed by atoms with E-state index in [4.69, 9.17) is 4.74 Å². The molecule has 4 saturated carbocycles. The molecule has 0 N–H and O–H groups in total. The summed E-state index contributed by atoms with van der Waals surface area (Å²) in [5.74, 6) is 3.42. The van der Waals surface area contributed by atoms with Crippen molar-refractivity contribution >= 4 is 11.8 Å². The molecule has 3 nitrogen and oxygen atoms in total. The quantitative estimate of drug-likeness (QED) is 0.246. The highest BCUT2D eigenvalue weighted by atomic mass is 16.5. The van der Waals surface area contributed by atoms with E-state index in [1.54, 1.807) is 0 Å². The summed E-state index contributed by atoms with van der Waals surface area (Å²) >= 11 is 0. The number of hydrogen-bond acceptors (Lipinski definition) is 3. The zero-order valence-electron chi connectivity index (χ0n) is 21.8. The van der Waals surface area contributed by atoms with Crippen molar-refractivity contribution in [1.82, 2.24) is 0 Å². The third-order valence-corrected chi connectivity index (χ3v) is 10.9. The van der Waals surface area contributed by atoms with E-state index in [-0.39, 0.29) is 17.5 Å². The molecule has 0 amide bonds. The Morgan fingerprint density at radius 2 is 1.55 bits per heavy atom. The van der Waals surface area contributed by atoms with Gasteiger partial charge in [0, 0.05) is 24.7 Å². The standard InChI is InChI=1S/C30H50O3/c1-4-5-6-7-8-9-10-11-12-28(32)33-27-16-15-25-24-14-13-22-21-23(31)17-19-29(22,2)26(24)18-20-30(25,27)3/h22,24-27H,4-21H2,1-3H3. The second-order valence-corrected chi connectivity index (χ2v) is 12.7. The summed E-state index contributed by atoms with van der Waals surface area (Å²) in [5, 5.41) is 0. The third kappa shape index (κ3) is 5.22. The van der Waals surface area contributed by atoms with Crippen LogP contribution in [-0.2, 0) is 14.3 Å². The van der Waals surface area contributed by atoms with Crippen molar-refractivity contribution in [1.29, 1.82) is 0 Å². The van der Waals surface area contributed by atoms with Gasteiger partial charge in [0.15, 0.2) is 0 Å². The minimum Gasteiger partial charge on any atom is -0.462 e. The molecule has 3 heteroatoms. The highest BCUT2D eigenvalue weighted by molar-refractivity contribution is 5.79. The molecule has 0 spiro atoms. The van der Waals surface area contributed by atoms with E-state index in [9.17, 15) is 9.59 Å². The van der Waals surface area contributed by atoms with E-state index >= 15 is 0 Å². The number of carbonyl (C=O) groups excluding carboxylic acids is 2. The maximum absolute atomic E-state index is 12.7. The average Bonchev–Trinajstić information content (AvgIpc) is 3.12. The maximum atomic E-state index is 12.7. The van der Waals surface area contributed by atoms with Gasteiger partial charge in [0.1, 0.15) is 11.9 Å². The van der Waals surface area contributed by atoms with Gasteiger partial charge in [-0.25, -0.2) is 0 Å². The van der Waals surface area contributed by atoms with E-state index in [2.05, 4.69) is 20.8 Å². The lowest BCUT2D eigenvalue weighted by Gasteiger charge is -2.60. The third-order valence-electron chi connectivity index (χ3n) is 10.9. The van der Waals surface area contributed by atoms with Crippen molar-refractivity contribution in [2.75, 3.05) is 0 Å². The van der Waals surface area contributed by atoms with Crippen LogP contribution in [0.5, 0.6) is 0 Å². The van der Waals surface area contributed by atoms with Crippen LogP contribution in [0.4, 0.5) is 0 Å². The number of hydrogen-bond donors (Lipinski definition) is 0. The number of rotatable bonds is 10. The zero-order valence-corrected chi connectivity index (χ0v) is 21.8. The first-order valence-corrected chi connectivity index (χ1v) is 14.6. The molecule has 0 aliphatic heterocycles. The lowest BCUT2D eigenvalue weighted by atomic mass is 9.45. The van der Waals surface area contributed by atoms with Crippen molar-refractivity contribution in [3.05, 3.63) is 0 Å². The first-order valence-electron chi connectivity index (χ1n) is 14.6. The number of carbonyl (C=O) groups is 2. The van der Waals surface area contributed by atoms with Gasteiger partial charge in [0.05, 0.1) is 0 Å². The van der Waals surface area contributed by atoms with Crippen LogP contribution in [0.3, 0.4) is 0 Å². The Morgan fingerprint density at radius 1 is 0.848 bits per heavy atom. The van der Waals surface area contributed by atoms with Gasteiger partial charge in [-0.1, -0.05) is 65.7 Å². The van der Waals surface area contributed by atoms with E-state index < -0.39 is 0 Å². The van der Waals surface area contributed by atoms with Gasteiger partial charge in [0.2, 0.25) is 0 Å². The molecule has 4 aliphatic rings. The first-order chi connectivity index (χ1) is 15.9. The molecule has 7 atom stereocenters. The fourth-order valence-corrected chi connectivity index (χ4v) is 8.81. The van der Waals surface area contributed by atoms with Gasteiger partial charge in [-0.3, -0.25) is 9.59 Å². The summed E-state index contributed by atoms with van der Waals surface area (Å²) in [6.45, 7) is 7.21. The van der Waals surface area contributed by atoms with E-state index in [1.807, 2.05) is 0 Å². The fourth-order valence-electron chi connectivity index (χ4n) is 8.81. The summed E-state index contributed by atoms with van der Waals surface area (Å²) in [6.07, 6.45) is 20.8. The average molecular weight is 459 g/mol. The topological polar surface area (TPSA) is 43.4 Å². The van der Waals surface area contributed by atoms with Crippen LogP contribution in [0.1, 0.15) is 136 Å². The highest BCUT2D eigenvalue weighted by Gasteiger charge is 2.61. The van der Waals surface area contributed by atoms with Crippen molar-refractivity contribution in [3.8, 4) is 0 Å². The summed E-state index contributed by atoms with van der Waals surface area (Å²) in [7, 11) is 0. The molecule has 0 radical (unpaired) electrons. The molecule has 4 rings (SSSR count). The summed E-state index contributed by atoms with van der Waals surface area (Å²) in [6, 6.07) is 0. The Bertz CT molecular complexity index is 686. The first kappa shape index (κ1) is 25.2. The van der Waals surface area contributed by atoms with Gasteiger partial charge in [-0.05, 0) is 80.5 Å². The smallest absolute Gasteiger partial charge is 0.306 e. The monoisotopic (exact) mass is 458 g/mol. The van der Waals surface area contributed by atoms with Crippen molar-refractivity contribution in [2.24, 2.45) is 34.5 Å². The normalized spacial score (nSPS) is 40.1. The van der Waals surface area contributed by atoms with Gasteiger partial charge in [0.25, 0.3) is 0 Å². The number of esters is 1. The second kappa shape index (κ2) is 10.8. The molecule has 0 aromatic heterocycles. The summed E-state index contributed by atoms with van der Waals surface area (Å²) in [4.78, 5) is 24.8. The highest BCUT2D eigenvalue weighted by Crippen LogP contribution is 2.66. The van der Waals surface area contributed by atoms with Crippen LogP contribution in [0.15, 0.2) is 0 Å². The predicted octanol–water partition coefficient (Wildman–Crippen LogP) is 8.04. The Balaban J connectivity index is 1.26. The molecule has 0 aromatic carbocycles.